The zero-order chi connectivity index (χ0) is 11.0. The molecular formula is C12H16N4. The highest BCUT2D eigenvalue weighted by molar-refractivity contribution is 5.41. The molecule has 4 heteroatoms. The maximum Gasteiger partial charge on any atom is 0.155 e. The molecule has 0 saturated heterocycles. The topological polar surface area (TPSA) is 56.2 Å². The molecule has 0 aliphatic heterocycles. The highest BCUT2D eigenvalue weighted by Crippen LogP contribution is 2.34. The van der Waals surface area contributed by atoms with Crippen LogP contribution < -0.4 is 5.73 Å². The number of hydrogen-bond acceptors (Lipinski definition) is 3. The van der Waals surface area contributed by atoms with Gasteiger partial charge in [-0.05, 0) is 43.5 Å². The summed E-state index contributed by atoms with van der Waals surface area (Å²) in [5.41, 5.74) is 7.74. The Morgan fingerprint density at radius 1 is 1.44 bits per heavy atom. The second-order valence-corrected chi connectivity index (χ2v) is 4.47. The van der Waals surface area contributed by atoms with E-state index in [-0.39, 0.29) is 0 Å². The Morgan fingerprint density at radius 3 is 3.00 bits per heavy atom. The molecule has 1 aliphatic rings. The lowest BCUT2D eigenvalue weighted by atomic mass is 9.85. The summed E-state index contributed by atoms with van der Waals surface area (Å²) in [7, 11) is 0. The van der Waals surface area contributed by atoms with Gasteiger partial charge in [0.1, 0.15) is 0 Å². The number of aromatic nitrogens is 3. The summed E-state index contributed by atoms with van der Waals surface area (Å²) >= 11 is 0. The number of rotatable bonds is 3. The number of pyridine rings is 1. The lowest BCUT2D eigenvalue weighted by Gasteiger charge is -2.21. The Bertz CT molecular complexity index is 499. The molecule has 84 valence electrons. The van der Waals surface area contributed by atoms with Gasteiger partial charge in [0, 0.05) is 12.1 Å². The standard InChI is InChI=1S/C12H16N4/c13-6-4-9-5-7-16-11(8-9)14-12(15-16)10-2-1-3-10/h5,7-8,10H,1-4,6,13H2. The van der Waals surface area contributed by atoms with Crippen LogP contribution in [0.15, 0.2) is 18.3 Å². The van der Waals surface area contributed by atoms with Gasteiger partial charge in [0.25, 0.3) is 0 Å². The van der Waals surface area contributed by atoms with Crippen LogP contribution in [0.2, 0.25) is 0 Å². The second kappa shape index (κ2) is 3.87. The fourth-order valence-corrected chi connectivity index (χ4v) is 2.10. The second-order valence-electron chi connectivity index (χ2n) is 4.47. The molecule has 0 aromatic carbocycles. The summed E-state index contributed by atoms with van der Waals surface area (Å²) in [6.07, 6.45) is 6.69. The van der Waals surface area contributed by atoms with Crippen molar-refractivity contribution in [3.05, 3.63) is 29.7 Å². The molecule has 3 rings (SSSR count). The van der Waals surface area contributed by atoms with Crippen molar-refractivity contribution in [2.45, 2.75) is 31.6 Å². The number of fused-ring (bicyclic) bond motifs is 1. The first-order chi connectivity index (χ1) is 7.86. The Hall–Kier alpha value is -1.42. The Labute approximate surface area is 94.5 Å². The van der Waals surface area contributed by atoms with Crippen LogP contribution in [-0.2, 0) is 6.42 Å². The molecule has 0 atom stereocenters. The van der Waals surface area contributed by atoms with E-state index in [1.165, 1.54) is 24.8 Å². The van der Waals surface area contributed by atoms with Crippen LogP contribution in [0.5, 0.6) is 0 Å². The molecule has 0 unspecified atom stereocenters. The summed E-state index contributed by atoms with van der Waals surface area (Å²) in [4.78, 5) is 4.59. The fraction of sp³-hybridized carbons (Fsp3) is 0.500. The van der Waals surface area contributed by atoms with E-state index in [2.05, 4.69) is 22.2 Å². The highest BCUT2D eigenvalue weighted by atomic mass is 15.3. The maximum absolute atomic E-state index is 5.55. The van der Waals surface area contributed by atoms with Gasteiger partial charge in [0.15, 0.2) is 11.5 Å². The van der Waals surface area contributed by atoms with Gasteiger partial charge >= 0.3 is 0 Å². The van der Waals surface area contributed by atoms with Crippen LogP contribution >= 0.6 is 0 Å². The normalized spacial score (nSPS) is 16.6. The average Bonchev–Trinajstić information content (AvgIpc) is 2.57. The van der Waals surface area contributed by atoms with Gasteiger partial charge < -0.3 is 5.73 Å². The van der Waals surface area contributed by atoms with Gasteiger partial charge in [0.2, 0.25) is 0 Å². The Morgan fingerprint density at radius 2 is 2.31 bits per heavy atom. The number of hydrogen-bond donors (Lipinski definition) is 1. The van der Waals surface area contributed by atoms with E-state index >= 15 is 0 Å². The SMILES string of the molecule is NCCc1ccn2nc(C3CCC3)nc2c1. The summed E-state index contributed by atoms with van der Waals surface area (Å²) < 4.78 is 1.87. The van der Waals surface area contributed by atoms with Crippen molar-refractivity contribution in [3.8, 4) is 0 Å². The van der Waals surface area contributed by atoms with E-state index in [1.54, 1.807) is 0 Å². The molecule has 4 nitrogen and oxygen atoms in total. The van der Waals surface area contributed by atoms with Crippen molar-refractivity contribution >= 4 is 5.65 Å². The van der Waals surface area contributed by atoms with Gasteiger partial charge in [-0.1, -0.05) is 6.42 Å². The van der Waals surface area contributed by atoms with E-state index in [4.69, 9.17) is 5.73 Å². The zero-order valence-corrected chi connectivity index (χ0v) is 9.26. The number of nitrogens with two attached hydrogens (primary N) is 1. The molecule has 1 aliphatic carbocycles. The van der Waals surface area contributed by atoms with Crippen LogP contribution in [0.3, 0.4) is 0 Å². The maximum atomic E-state index is 5.55. The van der Waals surface area contributed by atoms with Crippen molar-refractivity contribution in [3.63, 3.8) is 0 Å². The van der Waals surface area contributed by atoms with Gasteiger partial charge in [-0.3, -0.25) is 0 Å². The summed E-state index contributed by atoms with van der Waals surface area (Å²) in [5, 5.41) is 4.51. The Balaban J connectivity index is 1.96. The van der Waals surface area contributed by atoms with Crippen molar-refractivity contribution in [2.24, 2.45) is 5.73 Å². The molecule has 2 aromatic rings. The predicted molar refractivity (Wildman–Crippen MR) is 62.3 cm³/mol. The van der Waals surface area contributed by atoms with Crippen molar-refractivity contribution in [1.82, 2.24) is 14.6 Å². The van der Waals surface area contributed by atoms with Crippen molar-refractivity contribution < 1.29 is 0 Å². The monoisotopic (exact) mass is 216 g/mol. The Kier molecular flexibility index (Phi) is 2.36. The van der Waals surface area contributed by atoms with E-state index in [9.17, 15) is 0 Å². The van der Waals surface area contributed by atoms with Crippen molar-refractivity contribution in [1.29, 1.82) is 0 Å². The lowest BCUT2D eigenvalue weighted by molar-refractivity contribution is 0.402. The quantitative estimate of drug-likeness (QED) is 0.845. The van der Waals surface area contributed by atoms with Gasteiger partial charge in [-0.2, -0.15) is 5.10 Å². The third kappa shape index (κ3) is 1.59. The largest absolute Gasteiger partial charge is 0.330 e. The van der Waals surface area contributed by atoms with Crippen LogP contribution in [0.4, 0.5) is 0 Å². The van der Waals surface area contributed by atoms with Gasteiger partial charge in [-0.15, -0.1) is 0 Å². The van der Waals surface area contributed by atoms with Crippen LogP contribution in [0.1, 0.15) is 36.6 Å². The minimum absolute atomic E-state index is 0.595. The molecule has 0 spiro atoms. The van der Waals surface area contributed by atoms with E-state index in [1.807, 2.05) is 10.7 Å². The first kappa shape index (κ1) is 9.78. The van der Waals surface area contributed by atoms with E-state index in [0.29, 0.717) is 12.5 Å². The summed E-state index contributed by atoms with van der Waals surface area (Å²) in [5.74, 6) is 1.61. The molecule has 0 amide bonds. The zero-order valence-electron chi connectivity index (χ0n) is 9.26. The summed E-state index contributed by atoms with van der Waals surface area (Å²) in [6.45, 7) is 0.680. The van der Waals surface area contributed by atoms with Gasteiger partial charge in [0.05, 0.1) is 0 Å². The molecule has 1 fully saturated rings. The third-order valence-electron chi connectivity index (χ3n) is 3.32. The van der Waals surface area contributed by atoms with Crippen LogP contribution in [0.25, 0.3) is 5.65 Å². The molecule has 16 heavy (non-hydrogen) atoms. The first-order valence-electron chi connectivity index (χ1n) is 5.92. The minimum Gasteiger partial charge on any atom is -0.330 e. The molecular weight excluding hydrogens is 200 g/mol. The van der Waals surface area contributed by atoms with Crippen LogP contribution in [-0.4, -0.2) is 21.1 Å². The summed E-state index contributed by atoms with van der Waals surface area (Å²) in [6, 6.07) is 4.15. The predicted octanol–water partition coefficient (Wildman–Crippen LogP) is 1.50. The average molecular weight is 216 g/mol. The van der Waals surface area contributed by atoms with E-state index in [0.717, 1.165) is 17.9 Å². The van der Waals surface area contributed by atoms with Crippen LogP contribution in [0, 0.1) is 0 Å². The lowest BCUT2D eigenvalue weighted by Crippen LogP contribution is -2.10. The van der Waals surface area contributed by atoms with Gasteiger partial charge in [-0.25, -0.2) is 9.50 Å². The molecule has 2 heterocycles. The number of nitrogens with zero attached hydrogens (tertiary/aromatic N) is 3. The van der Waals surface area contributed by atoms with E-state index < -0.39 is 0 Å². The molecule has 2 aromatic heterocycles. The third-order valence-corrected chi connectivity index (χ3v) is 3.32. The molecule has 1 saturated carbocycles. The first-order valence-corrected chi connectivity index (χ1v) is 5.92. The molecule has 0 bridgehead atoms. The molecule has 2 N–H and O–H groups in total. The van der Waals surface area contributed by atoms with Crippen molar-refractivity contribution in [2.75, 3.05) is 6.54 Å². The highest BCUT2D eigenvalue weighted by Gasteiger charge is 2.23. The fourth-order valence-electron chi connectivity index (χ4n) is 2.10. The minimum atomic E-state index is 0.595. The smallest absolute Gasteiger partial charge is 0.155 e. The molecule has 0 radical (unpaired) electrons.